The first-order valence-electron chi connectivity index (χ1n) is 9.77. The van der Waals surface area contributed by atoms with Gasteiger partial charge < -0.3 is 15.3 Å². The number of likely N-dealkylation sites (tertiary alicyclic amines) is 1. The van der Waals surface area contributed by atoms with E-state index < -0.39 is 24.0 Å². The summed E-state index contributed by atoms with van der Waals surface area (Å²) < 4.78 is 1.93. The molecule has 11 heteroatoms. The highest BCUT2D eigenvalue weighted by Crippen LogP contribution is 2.28. The van der Waals surface area contributed by atoms with Gasteiger partial charge in [0.1, 0.15) is 18.3 Å². The van der Waals surface area contributed by atoms with E-state index in [2.05, 4.69) is 17.9 Å². The van der Waals surface area contributed by atoms with Crippen LogP contribution in [0.1, 0.15) is 18.2 Å². The average molecular weight is 494 g/mol. The van der Waals surface area contributed by atoms with E-state index in [-0.39, 0.29) is 30.4 Å². The van der Waals surface area contributed by atoms with Crippen molar-refractivity contribution in [1.82, 2.24) is 14.9 Å². The van der Waals surface area contributed by atoms with Crippen LogP contribution in [0.5, 0.6) is 0 Å². The van der Waals surface area contributed by atoms with Crippen LogP contribution in [0.3, 0.4) is 0 Å². The van der Waals surface area contributed by atoms with Crippen molar-refractivity contribution in [1.29, 1.82) is 0 Å². The highest BCUT2D eigenvalue weighted by Gasteiger charge is 2.49. The van der Waals surface area contributed by atoms with Crippen LogP contribution in [0.2, 0.25) is 0 Å². The number of nitrogens with zero attached hydrogens (tertiary/aromatic N) is 2. The van der Waals surface area contributed by atoms with Crippen molar-refractivity contribution in [2.24, 2.45) is 0 Å². The molecule has 1 aliphatic rings. The van der Waals surface area contributed by atoms with Gasteiger partial charge in [0.15, 0.2) is 3.95 Å². The number of nitrogens with one attached hydrogen (secondary N) is 1. The Balaban J connectivity index is 1.73. The SMILES string of the molecule is Cc1csc(=S)n1OC/C(CS)=C(\C(=O)O)N1C(=O)[C@@H](NC(=O)Cc2ccccc2)[C@H]1C. The van der Waals surface area contributed by atoms with Crippen LogP contribution < -0.4 is 10.2 Å². The molecule has 0 aliphatic carbocycles. The fourth-order valence-corrected chi connectivity index (χ4v) is 4.65. The Labute approximate surface area is 199 Å². The number of aromatic nitrogens is 1. The number of amides is 2. The number of hydrogen-bond donors (Lipinski definition) is 3. The Kier molecular flexibility index (Phi) is 7.75. The largest absolute Gasteiger partial charge is 0.477 e. The van der Waals surface area contributed by atoms with Gasteiger partial charge in [-0.25, -0.2) is 4.79 Å². The molecule has 1 aliphatic heterocycles. The number of aliphatic carboxylic acids is 1. The van der Waals surface area contributed by atoms with Crippen LogP contribution in [0.4, 0.5) is 0 Å². The Morgan fingerprint density at radius 1 is 1.31 bits per heavy atom. The number of carboxylic acids is 1. The second-order valence-corrected chi connectivity index (χ2v) is 9.10. The van der Waals surface area contributed by atoms with Gasteiger partial charge in [0.05, 0.1) is 18.2 Å². The third kappa shape index (κ3) is 5.05. The van der Waals surface area contributed by atoms with E-state index in [1.54, 1.807) is 6.92 Å². The maximum absolute atomic E-state index is 12.8. The molecule has 32 heavy (non-hydrogen) atoms. The van der Waals surface area contributed by atoms with Gasteiger partial charge in [-0.3, -0.25) is 14.5 Å². The van der Waals surface area contributed by atoms with Crippen LogP contribution in [-0.4, -0.2) is 57.0 Å². The lowest BCUT2D eigenvalue weighted by Gasteiger charge is -2.46. The fourth-order valence-electron chi connectivity index (χ4n) is 3.41. The second kappa shape index (κ2) is 10.3. The van der Waals surface area contributed by atoms with Crippen molar-refractivity contribution < 1.29 is 24.3 Å². The molecular weight excluding hydrogens is 470 g/mol. The molecule has 8 nitrogen and oxygen atoms in total. The van der Waals surface area contributed by atoms with Crippen molar-refractivity contribution in [3.8, 4) is 0 Å². The van der Waals surface area contributed by atoms with E-state index in [1.807, 2.05) is 42.6 Å². The predicted molar refractivity (Wildman–Crippen MR) is 126 cm³/mol. The topological polar surface area (TPSA) is 101 Å². The molecule has 0 unspecified atom stereocenters. The predicted octanol–water partition coefficient (Wildman–Crippen LogP) is 2.24. The standard InChI is InChI=1S/C21H23N3O5S3/c1-12-11-32-21(31)24(12)29-9-15(10-30)18(20(27)28)23-13(2)17(19(23)26)22-16(25)8-14-6-4-3-5-7-14/h3-7,11,13,17,30H,8-10H2,1-2H3,(H,22,25)(H,27,28)/b18-15-/t13-,17+/m1/s1. The molecule has 1 aromatic heterocycles. The summed E-state index contributed by atoms with van der Waals surface area (Å²) in [6.07, 6.45) is 0.134. The number of carboxylic acid groups (broad SMARTS) is 1. The maximum Gasteiger partial charge on any atom is 0.352 e. The first kappa shape index (κ1) is 24.0. The van der Waals surface area contributed by atoms with E-state index >= 15 is 0 Å². The van der Waals surface area contributed by atoms with Gasteiger partial charge in [-0.15, -0.1) is 11.3 Å². The number of thiazole rings is 1. The monoisotopic (exact) mass is 493 g/mol. The van der Waals surface area contributed by atoms with E-state index in [0.29, 0.717) is 9.53 Å². The molecule has 0 saturated carbocycles. The molecule has 170 valence electrons. The minimum absolute atomic E-state index is 0.0691. The number of β-lactam (4-membered cyclic amide) rings is 1. The summed E-state index contributed by atoms with van der Waals surface area (Å²) in [4.78, 5) is 44.0. The maximum atomic E-state index is 12.8. The normalized spacial score (nSPS) is 18.6. The van der Waals surface area contributed by atoms with Crippen molar-refractivity contribution >= 4 is 54.0 Å². The van der Waals surface area contributed by atoms with Crippen LogP contribution in [0, 0.1) is 10.9 Å². The zero-order valence-electron chi connectivity index (χ0n) is 17.5. The molecule has 0 radical (unpaired) electrons. The van der Waals surface area contributed by atoms with Gasteiger partial charge in [0, 0.05) is 16.7 Å². The third-order valence-electron chi connectivity index (χ3n) is 5.07. The van der Waals surface area contributed by atoms with Crippen LogP contribution in [0.25, 0.3) is 0 Å². The molecule has 1 fully saturated rings. The van der Waals surface area contributed by atoms with E-state index in [0.717, 1.165) is 11.3 Å². The molecule has 2 heterocycles. The first-order valence-corrected chi connectivity index (χ1v) is 11.7. The highest BCUT2D eigenvalue weighted by atomic mass is 32.1. The summed E-state index contributed by atoms with van der Waals surface area (Å²) in [6, 6.07) is 7.83. The van der Waals surface area contributed by atoms with Gasteiger partial charge in [0.2, 0.25) is 5.91 Å². The van der Waals surface area contributed by atoms with Crippen molar-refractivity contribution in [2.75, 3.05) is 12.4 Å². The van der Waals surface area contributed by atoms with Gasteiger partial charge in [-0.2, -0.15) is 17.4 Å². The number of benzene rings is 1. The Morgan fingerprint density at radius 2 is 2.00 bits per heavy atom. The number of carbonyl (C=O) groups excluding carboxylic acids is 2. The Hall–Kier alpha value is -2.63. The lowest BCUT2D eigenvalue weighted by atomic mass is 9.94. The summed E-state index contributed by atoms with van der Waals surface area (Å²) >= 11 is 10.8. The summed E-state index contributed by atoms with van der Waals surface area (Å²) in [6.45, 7) is 3.41. The van der Waals surface area contributed by atoms with Crippen LogP contribution >= 0.6 is 36.2 Å². The molecule has 0 spiro atoms. The lowest BCUT2D eigenvalue weighted by Crippen LogP contribution is -2.69. The molecule has 2 aromatic rings. The molecule has 1 saturated heterocycles. The van der Waals surface area contributed by atoms with Gasteiger partial charge in [-0.05, 0) is 31.6 Å². The van der Waals surface area contributed by atoms with Gasteiger partial charge >= 0.3 is 5.97 Å². The molecule has 1 aromatic carbocycles. The van der Waals surface area contributed by atoms with Gasteiger partial charge in [0.25, 0.3) is 5.91 Å². The molecular formula is C21H23N3O5S3. The van der Waals surface area contributed by atoms with Gasteiger partial charge in [-0.1, -0.05) is 30.3 Å². The summed E-state index contributed by atoms with van der Waals surface area (Å²) in [5, 5.41) is 14.4. The zero-order chi connectivity index (χ0) is 23.4. The minimum atomic E-state index is -1.27. The molecule has 2 N–H and O–H groups in total. The number of aryl methyl sites for hydroxylation is 1. The van der Waals surface area contributed by atoms with Crippen LogP contribution in [-0.2, 0) is 20.8 Å². The number of rotatable bonds is 9. The fraction of sp³-hybridized carbons (Fsp3) is 0.333. The van der Waals surface area contributed by atoms with E-state index in [1.165, 1.54) is 21.0 Å². The second-order valence-electron chi connectivity index (χ2n) is 7.28. The highest BCUT2D eigenvalue weighted by molar-refractivity contribution is 7.80. The van der Waals surface area contributed by atoms with E-state index in [4.69, 9.17) is 17.1 Å². The quantitative estimate of drug-likeness (QED) is 0.214. The summed E-state index contributed by atoms with van der Waals surface area (Å²) in [5.41, 5.74) is 1.74. The smallest absolute Gasteiger partial charge is 0.352 e. The Bertz CT molecular complexity index is 1110. The first-order chi connectivity index (χ1) is 15.2. The number of carbonyl (C=O) groups is 3. The van der Waals surface area contributed by atoms with Crippen molar-refractivity contribution in [2.45, 2.75) is 32.4 Å². The summed E-state index contributed by atoms with van der Waals surface area (Å²) in [7, 11) is 0. The van der Waals surface area contributed by atoms with Crippen LogP contribution in [0.15, 0.2) is 47.0 Å². The number of hydrogen-bond acceptors (Lipinski definition) is 7. The number of thiol groups is 1. The third-order valence-corrected chi connectivity index (χ3v) is 6.73. The Morgan fingerprint density at radius 3 is 2.53 bits per heavy atom. The molecule has 0 bridgehead atoms. The summed E-state index contributed by atoms with van der Waals surface area (Å²) in [5.74, 6) is -1.99. The van der Waals surface area contributed by atoms with Crippen molar-refractivity contribution in [3.05, 3.63) is 62.2 Å². The van der Waals surface area contributed by atoms with Crippen molar-refractivity contribution in [3.63, 3.8) is 0 Å². The lowest BCUT2D eigenvalue weighted by molar-refractivity contribution is -0.153. The molecule has 2 amide bonds. The average Bonchev–Trinajstić information content (AvgIpc) is 3.09. The zero-order valence-corrected chi connectivity index (χ0v) is 20.0. The molecule has 2 atom stereocenters. The van der Waals surface area contributed by atoms with E-state index in [9.17, 15) is 19.5 Å². The molecule has 3 rings (SSSR count). The minimum Gasteiger partial charge on any atom is -0.477 e.